The van der Waals surface area contributed by atoms with Crippen molar-refractivity contribution >= 4 is 11.6 Å². The number of methoxy groups -OCH3 is 1. The average molecular weight is 325 g/mol. The van der Waals surface area contributed by atoms with Gasteiger partial charge >= 0.3 is 0 Å². The summed E-state index contributed by atoms with van der Waals surface area (Å²) in [6.07, 6.45) is 5.47. The number of hydrogen-bond acceptors (Lipinski definition) is 3. The molecule has 0 saturated heterocycles. The van der Waals surface area contributed by atoms with Crippen LogP contribution < -0.4 is 14.8 Å². The van der Waals surface area contributed by atoms with Gasteiger partial charge in [0.2, 0.25) is 5.91 Å². The number of carbonyl (C=O) groups excluding carboxylic acids is 1. The zero-order valence-electron chi connectivity index (χ0n) is 14.0. The van der Waals surface area contributed by atoms with Crippen molar-refractivity contribution in [3.63, 3.8) is 0 Å². The van der Waals surface area contributed by atoms with E-state index in [1.807, 2.05) is 48.5 Å². The van der Waals surface area contributed by atoms with E-state index in [0.717, 1.165) is 35.6 Å². The Labute approximate surface area is 142 Å². The summed E-state index contributed by atoms with van der Waals surface area (Å²) in [5, 5.41) is 2.91. The topological polar surface area (TPSA) is 47.6 Å². The summed E-state index contributed by atoms with van der Waals surface area (Å²) >= 11 is 0. The number of hydrogen-bond donors (Lipinski definition) is 1. The van der Waals surface area contributed by atoms with E-state index in [4.69, 9.17) is 9.47 Å². The molecule has 0 bridgehead atoms. The summed E-state index contributed by atoms with van der Waals surface area (Å²) in [5.41, 5.74) is 1.74. The summed E-state index contributed by atoms with van der Waals surface area (Å²) < 4.78 is 11.0. The molecule has 0 unspecified atom stereocenters. The van der Waals surface area contributed by atoms with E-state index in [1.54, 1.807) is 7.11 Å². The highest BCUT2D eigenvalue weighted by Gasteiger charge is 2.16. The number of amides is 1. The van der Waals surface area contributed by atoms with Gasteiger partial charge in [-0.1, -0.05) is 12.1 Å². The molecule has 4 heteroatoms. The lowest BCUT2D eigenvalue weighted by molar-refractivity contribution is -0.115. The molecule has 3 rings (SSSR count). The van der Waals surface area contributed by atoms with E-state index in [-0.39, 0.29) is 5.91 Å². The second-order valence-electron chi connectivity index (χ2n) is 6.12. The monoisotopic (exact) mass is 325 g/mol. The molecule has 126 valence electrons. The third-order valence-corrected chi connectivity index (χ3v) is 4.27. The first-order valence-electron chi connectivity index (χ1n) is 8.42. The summed E-state index contributed by atoms with van der Waals surface area (Å²) in [7, 11) is 1.63. The highest BCUT2D eigenvalue weighted by atomic mass is 16.5. The van der Waals surface area contributed by atoms with Gasteiger partial charge in [-0.2, -0.15) is 0 Å². The molecule has 1 fully saturated rings. The molecule has 1 aliphatic rings. The molecule has 0 atom stereocenters. The van der Waals surface area contributed by atoms with Crippen LogP contribution in [0.1, 0.15) is 31.2 Å². The molecule has 24 heavy (non-hydrogen) atoms. The fourth-order valence-corrected chi connectivity index (χ4v) is 2.95. The lowest BCUT2D eigenvalue weighted by Gasteiger charge is -2.13. The minimum atomic E-state index is -0.0374. The van der Waals surface area contributed by atoms with Crippen molar-refractivity contribution in [1.82, 2.24) is 0 Å². The number of ether oxygens (including phenoxy) is 2. The number of anilines is 1. The number of benzene rings is 2. The predicted molar refractivity (Wildman–Crippen MR) is 94.7 cm³/mol. The van der Waals surface area contributed by atoms with Gasteiger partial charge in [0.05, 0.1) is 19.6 Å². The maximum Gasteiger partial charge on any atom is 0.228 e. The smallest absolute Gasteiger partial charge is 0.228 e. The molecule has 0 aromatic heterocycles. The molecular weight excluding hydrogens is 302 g/mol. The van der Waals surface area contributed by atoms with Crippen molar-refractivity contribution in [2.45, 2.75) is 38.2 Å². The van der Waals surface area contributed by atoms with Crippen molar-refractivity contribution in [1.29, 1.82) is 0 Å². The lowest BCUT2D eigenvalue weighted by Crippen LogP contribution is -2.14. The van der Waals surface area contributed by atoms with Crippen LogP contribution in [0, 0.1) is 0 Å². The SMILES string of the molecule is COc1ccc(CC(=O)Nc2ccc(OC3CCCC3)cc2)cc1. The van der Waals surface area contributed by atoms with Crippen molar-refractivity contribution in [2.75, 3.05) is 12.4 Å². The van der Waals surface area contributed by atoms with Gasteiger partial charge in [-0.3, -0.25) is 4.79 Å². The van der Waals surface area contributed by atoms with Crippen molar-refractivity contribution in [3.05, 3.63) is 54.1 Å². The van der Waals surface area contributed by atoms with Gasteiger partial charge in [-0.25, -0.2) is 0 Å². The molecule has 2 aromatic rings. The zero-order chi connectivity index (χ0) is 16.8. The predicted octanol–water partition coefficient (Wildman–Crippen LogP) is 4.20. The Morgan fingerprint density at radius 3 is 2.25 bits per heavy atom. The standard InChI is InChI=1S/C20H23NO3/c1-23-17-10-6-15(7-11-17)14-20(22)21-16-8-12-19(13-9-16)24-18-4-2-3-5-18/h6-13,18H,2-5,14H2,1H3,(H,21,22). The Balaban J connectivity index is 1.51. The van der Waals surface area contributed by atoms with Crippen molar-refractivity contribution in [3.8, 4) is 11.5 Å². The van der Waals surface area contributed by atoms with Crippen LogP contribution in [0.15, 0.2) is 48.5 Å². The summed E-state index contributed by atoms with van der Waals surface area (Å²) in [6, 6.07) is 15.1. The fourth-order valence-electron chi connectivity index (χ4n) is 2.95. The minimum absolute atomic E-state index is 0.0374. The summed E-state index contributed by atoms with van der Waals surface area (Å²) in [5.74, 6) is 1.62. The first-order chi connectivity index (χ1) is 11.7. The maximum absolute atomic E-state index is 12.1. The van der Waals surface area contributed by atoms with Crippen LogP contribution in [0.25, 0.3) is 0 Å². The summed E-state index contributed by atoms with van der Waals surface area (Å²) in [4.78, 5) is 12.1. The van der Waals surface area contributed by atoms with Crippen LogP contribution in [0.3, 0.4) is 0 Å². The second-order valence-corrected chi connectivity index (χ2v) is 6.12. The van der Waals surface area contributed by atoms with Gasteiger partial charge in [0.25, 0.3) is 0 Å². The molecule has 1 aliphatic carbocycles. The van der Waals surface area contributed by atoms with Crippen LogP contribution >= 0.6 is 0 Å². The number of rotatable bonds is 6. The third kappa shape index (κ3) is 4.51. The highest BCUT2D eigenvalue weighted by Crippen LogP contribution is 2.25. The Bertz CT molecular complexity index is 658. The van der Waals surface area contributed by atoms with Crippen molar-refractivity contribution in [2.24, 2.45) is 0 Å². The van der Waals surface area contributed by atoms with Gasteiger partial charge in [-0.05, 0) is 67.6 Å². The Kier molecular flexibility index (Phi) is 5.36. The molecule has 0 radical (unpaired) electrons. The largest absolute Gasteiger partial charge is 0.497 e. The van der Waals surface area contributed by atoms with Crippen molar-refractivity contribution < 1.29 is 14.3 Å². The van der Waals surface area contributed by atoms with Gasteiger partial charge in [0, 0.05) is 5.69 Å². The minimum Gasteiger partial charge on any atom is -0.497 e. The van der Waals surface area contributed by atoms with Crippen LogP contribution in [-0.2, 0) is 11.2 Å². The summed E-state index contributed by atoms with van der Waals surface area (Å²) in [6.45, 7) is 0. The van der Waals surface area contributed by atoms with Gasteiger partial charge in [-0.15, -0.1) is 0 Å². The molecule has 0 aliphatic heterocycles. The Morgan fingerprint density at radius 1 is 1.00 bits per heavy atom. The Hall–Kier alpha value is -2.49. The van der Waals surface area contributed by atoms with Crippen LogP contribution in [-0.4, -0.2) is 19.1 Å². The van der Waals surface area contributed by atoms with Gasteiger partial charge in [0.1, 0.15) is 11.5 Å². The molecule has 1 saturated carbocycles. The van der Waals surface area contributed by atoms with Gasteiger partial charge in [0.15, 0.2) is 0 Å². The highest BCUT2D eigenvalue weighted by molar-refractivity contribution is 5.92. The number of carbonyl (C=O) groups is 1. The Morgan fingerprint density at radius 2 is 1.62 bits per heavy atom. The second kappa shape index (κ2) is 7.86. The van der Waals surface area contributed by atoms with E-state index >= 15 is 0 Å². The van der Waals surface area contributed by atoms with E-state index in [0.29, 0.717) is 12.5 Å². The third-order valence-electron chi connectivity index (χ3n) is 4.27. The quantitative estimate of drug-likeness (QED) is 0.866. The van der Waals surface area contributed by atoms with Crippen LogP contribution in [0.5, 0.6) is 11.5 Å². The van der Waals surface area contributed by atoms with E-state index in [9.17, 15) is 4.79 Å². The molecule has 1 amide bonds. The van der Waals surface area contributed by atoms with E-state index < -0.39 is 0 Å². The molecule has 1 N–H and O–H groups in total. The molecular formula is C20H23NO3. The molecule has 0 heterocycles. The van der Waals surface area contributed by atoms with Gasteiger partial charge < -0.3 is 14.8 Å². The first kappa shape index (κ1) is 16.4. The molecule has 0 spiro atoms. The average Bonchev–Trinajstić information content (AvgIpc) is 3.10. The normalized spacial score (nSPS) is 14.4. The maximum atomic E-state index is 12.1. The molecule has 2 aromatic carbocycles. The zero-order valence-corrected chi connectivity index (χ0v) is 14.0. The van der Waals surface area contributed by atoms with Crippen LogP contribution in [0.2, 0.25) is 0 Å². The molecule has 4 nitrogen and oxygen atoms in total. The fraction of sp³-hybridized carbons (Fsp3) is 0.350. The van der Waals surface area contributed by atoms with E-state index in [1.165, 1.54) is 12.8 Å². The first-order valence-corrected chi connectivity index (χ1v) is 8.42. The number of nitrogens with one attached hydrogen (secondary N) is 1. The van der Waals surface area contributed by atoms with Crippen LogP contribution in [0.4, 0.5) is 5.69 Å². The lowest BCUT2D eigenvalue weighted by atomic mass is 10.1. The van der Waals surface area contributed by atoms with E-state index in [2.05, 4.69) is 5.32 Å².